The van der Waals surface area contributed by atoms with Crippen LogP contribution < -0.4 is 27.4 Å². The predicted octanol–water partition coefficient (Wildman–Crippen LogP) is -2.96. The number of amides is 4. The number of nitrogens with one attached hydrogen (secondary N) is 3. The minimum Gasteiger partial charge on any atom is -0.480 e. The second kappa shape index (κ2) is 13.2. The van der Waals surface area contributed by atoms with E-state index >= 15 is 0 Å². The summed E-state index contributed by atoms with van der Waals surface area (Å²) in [5.41, 5.74) is 10.5. The highest BCUT2D eigenvalue weighted by molar-refractivity contribution is 7.98. The summed E-state index contributed by atoms with van der Waals surface area (Å²) < 4.78 is 0. The lowest BCUT2D eigenvalue weighted by Crippen LogP contribution is -2.57. The van der Waals surface area contributed by atoms with Gasteiger partial charge in [0.25, 0.3) is 0 Å². The van der Waals surface area contributed by atoms with Crippen LogP contribution in [0.25, 0.3) is 0 Å². The number of nitrogens with two attached hydrogens (primary N) is 2. The monoisotopic (exact) mass is 423 g/mol. The minimum absolute atomic E-state index is 0.0818. The van der Waals surface area contributed by atoms with Gasteiger partial charge in [-0.1, -0.05) is 0 Å². The molecule has 0 spiro atoms. The average Bonchev–Trinajstić information content (AvgIpc) is 2.59. The van der Waals surface area contributed by atoms with Crippen LogP contribution >= 0.6 is 24.4 Å². The molecule has 0 saturated heterocycles. The Kier molecular flexibility index (Phi) is 12.2. The molecule has 0 aromatic heterocycles. The van der Waals surface area contributed by atoms with Crippen molar-refractivity contribution in [2.45, 2.75) is 31.0 Å². The Morgan fingerprint density at radius 2 is 1.67 bits per heavy atom. The van der Waals surface area contributed by atoms with Gasteiger partial charge in [-0.2, -0.15) is 24.4 Å². The minimum atomic E-state index is -1.24. The van der Waals surface area contributed by atoms with E-state index in [0.29, 0.717) is 5.75 Å². The first-order valence-corrected chi connectivity index (χ1v) is 9.88. The van der Waals surface area contributed by atoms with Crippen LogP contribution in [0.4, 0.5) is 0 Å². The van der Waals surface area contributed by atoms with E-state index in [4.69, 9.17) is 16.6 Å². The quantitative estimate of drug-likeness (QED) is 0.153. The summed E-state index contributed by atoms with van der Waals surface area (Å²) >= 11 is 5.41. The Labute approximate surface area is 166 Å². The Morgan fingerprint density at radius 1 is 1.07 bits per heavy atom. The van der Waals surface area contributed by atoms with Gasteiger partial charge in [-0.15, -0.1) is 0 Å². The maximum atomic E-state index is 12.4. The molecule has 4 amide bonds. The van der Waals surface area contributed by atoms with E-state index in [1.807, 2.05) is 6.26 Å². The Hall–Kier alpha value is -1.99. The molecular weight excluding hydrogens is 398 g/mol. The van der Waals surface area contributed by atoms with Gasteiger partial charge in [0.2, 0.25) is 23.6 Å². The highest BCUT2D eigenvalue weighted by atomic mass is 32.2. The third-order valence-corrected chi connectivity index (χ3v) is 4.24. The molecule has 0 saturated carbocycles. The molecule has 0 aliphatic heterocycles. The van der Waals surface area contributed by atoms with Crippen molar-refractivity contribution in [3.63, 3.8) is 0 Å². The van der Waals surface area contributed by atoms with Crippen molar-refractivity contribution >= 4 is 54.0 Å². The molecule has 13 heteroatoms. The second-order valence-electron chi connectivity index (χ2n) is 5.47. The lowest BCUT2D eigenvalue weighted by Gasteiger charge is -2.23. The molecule has 0 aliphatic rings. The number of thioether (sulfide) groups is 1. The van der Waals surface area contributed by atoms with Crippen molar-refractivity contribution < 1.29 is 29.1 Å². The molecule has 0 aliphatic carbocycles. The van der Waals surface area contributed by atoms with Crippen molar-refractivity contribution in [3.8, 4) is 0 Å². The van der Waals surface area contributed by atoms with Crippen LogP contribution in [0.1, 0.15) is 12.8 Å². The zero-order valence-corrected chi connectivity index (χ0v) is 16.5. The average molecular weight is 424 g/mol. The lowest BCUT2D eigenvalue weighted by molar-refractivity contribution is -0.138. The fourth-order valence-corrected chi connectivity index (χ4v) is 2.57. The SMILES string of the molecule is CSCCC(NC(=O)C(N)CC(N)=O)C(=O)NC(CS)C(=O)NCC(=O)O. The number of carbonyl (C=O) groups is 5. The molecule has 0 bridgehead atoms. The number of primary amides is 1. The number of hydrogen-bond acceptors (Lipinski definition) is 8. The van der Waals surface area contributed by atoms with E-state index in [1.54, 1.807) is 0 Å². The third kappa shape index (κ3) is 10.7. The molecular formula is C14H25N5O6S2. The molecule has 0 radical (unpaired) electrons. The van der Waals surface area contributed by atoms with E-state index < -0.39 is 54.3 Å². The van der Waals surface area contributed by atoms with Gasteiger partial charge >= 0.3 is 5.97 Å². The van der Waals surface area contributed by atoms with Gasteiger partial charge in [0.05, 0.1) is 12.5 Å². The van der Waals surface area contributed by atoms with Crippen molar-refractivity contribution in [1.82, 2.24) is 16.0 Å². The summed E-state index contributed by atoms with van der Waals surface area (Å²) in [6.07, 6.45) is 1.68. The van der Waals surface area contributed by atoms with Crippen LogP contribution in [0.15, 0.2) is 0 Å². The standard InChI is InChI=1S/C14H25N5O6S2/c1-27-3-2-8(18-12(23)7(15)4-10(16)20)14(25)19-9(6-26)13(24)17-5-11(21)22/h7-9,26H,2-6,15H2,1H3,(H2,16,20)(H,17,24)(H,18,23)(H,19,25)(H,21,22). The second-order valence-corrected chi connectivity index (χ2v) is 6.83. The Morgan fingerprint density at radius 3 is 2.15 bits per heavy atom. The van der Waals surface area contributed by atoms with Gasteiger partial charge in [0, 0.05) is 5.75 Å². The molecule has 3 unspecified atom stereocenters. The van der Waals surface area contributed by atoms with Crippen LogP contribution in [-0.4, -0.2) is 77.1 Å². The Balaban J connectivity index is 4.96. The first-order chi connectivity index (χ1) is 12.6. The summed E-state index contributed by atoms with van der Waals surface area (Å²) in [7, 11) is 0. The molecule has 0 heterocycles. The zero-order valence-electron chi connectivity index (χ0n) is 14.8. The lowest BCUT2D eigenvalue weighted by atomic mass is 10.1. The van der Waals surface area contributed by atoms with Gasteiger partial charge in [-0.25, -0.2) is 0 Å². The molecule has 0 aromatic rings. The predicted molar refractivity (Wildman–Crippen MR) is 103 cm³/mol. The van der Waals surface area contributed by atoms with E-state index in [9.17, 15) is 24.0 Å². The van der Waals surface area contributed by atoms with Crippen LogP contribution in [0.2, 0.25) is 0 Å². The van der Waals surface area contributed by atoms with Crippen LogP contribution in [0.3, 0.4) is 0 Å². The largest absolute Gasteiger partial charge is 0.480 e. The molecule has 0 aromatic carbocycles. The van der Waals surface area contributed by atoms with Crippen LogP contribution in [-0.2, 0) is 24.0 Å². The molecule has 0 fully saturated rings. The summed E-state index contributed by atoms with van der Waals surface area (Å²) in [5.74, 6) is -3.65. The zero-order chi connectivity index (χ0) is 21.0. The normalized spacial score (nSPS) is 13.7. The van der Waals surface area contributed by atoms with Gasteiger partial charge in [0.1, 0.15) is 18.6 Å². The van der Waals surface area contributed by atoms with Gasteiger partial charge < -0.3 is 32.5 Å². The molecule has 8 N–H and O–H groups in total. The van der Waals surface area contributed by atoms with Crippen LogP contribution in [0, 0.1) is 0 Å². The Bertz CT molecular complexity index is 562. The molecule has 27 heavy (non-hydrogen) atoms. The third-order valence-electron chi connectivity index (χ3n) is 3.23. The fraction of sp³-hybridized carbons (Fsp3) is 0.643. The van der Waals surface area contributed by atoms with Gasteiger partial charge in [0.15, 0.2) is 0 Å². The molecule has 3 atom stereocenters. The number of aliphatic carboxylic acids is 1. The summed E-state index contributed by atoms with van der Waals surface area (Å²) in [5, 5.41) is 15.6. The number of carbonyl (C=O) groups excluding carboxylic acids is 4. The van der Waals surface area contributed by atoms with Gasteiger partial charge in [-0.05, 0) is 18.4 Å². The number of carboxylic acids is 1. The maximum absolute atomic E-state index is 12.4. The van der Waals surface area contributed by atoms with Crippen molar-refractivity contribution in [1.29, 1.82) is 0 Å². The van der Waals surface area contributed by atoms with E-state index in [2.05, 4.69) is 28.6 Å². The maximum Gasteiger partial charge on any atom is 0.322 e. The summed E-state index contributed by atoms with van der Waals surface area (Å²) in [6, 6.07) is -3.29. The molecule has 0 rings (SSSR count). The summed E-state index contributed by atoms with van der Waals surface area (Å²) in [4.78, 5) is 57.7. The smallest absolute Gasteiger partial charge is 0.322 e. The van der Waals surface area contributed by atoms with E-state index in [1.165, 1.54) is 11.8 Å². The topological polar surface area (TPSA) is 194 Å². The van der Waals surface area contributed by atoms with Crippen molar-refractivity contribution in [2.24, 2.45) is 11.5 Å². The highest BCUT2D eigenvalue weighted by Gasteiger charge is 2.27. The van der Waals surface area contributed by atoms with Crippen molar-refractivity contribution in [3.05, 3.63) is 0 Å². The first-order valence-electron chi connectivity index (χ1n) is 7.86. The number of rotatable bonds is 13. The van der Waals surface area contributed by atoms with E-state index in [-0.39, 0.29) is 18.6 Å². The molecule has 154 valence electrons. The fourth-order valence-electron chi connectivity index (χ4n) is 1.85. The first kappa shape index (κ1) is 25.0. The van der Waals surface area contributed by atoms with Gasteiger partial charge in [-0.3, -0.25) is 24.0 Å². The number of thiol groups is 1. The van der Waals surface area contributed by atoms with Crippen molar-refractivity contribution in [2.75, 3.05) is 24.3 Å². The number of carboxylic acid groups (broad SMARTS) is 1. The molecule has 11 nitrogen and oxygen atoms in total. The summed E-state index contributed by atoms with van der Waals surface area (Å²) in [6.45, 7) is -0.604. The number of hydrogen-bond donors (Lipinski definition) is 7. The van der Waals surface area contributed by atoms with Crippen LogP contribution in [0.5, 0.6) is 0 Å². The van der Waals surface area contributed by atoms with E-state index in [0.717, 1.165) is 0 Å². The highest BCUT2D eigenvalue weighted by Crippen LogP contribution is 2.03.